The first-order chi connectivity index (χ1) is 13.4. The van der Waals surface area contributed by atoms with Gasteiger partial charge in [0.15, 0.2) is 4.34 Å². The SMILES string of the molecule is CC1=NN(C(=O)CSc2nc3ccccc3s2)[C@@H](c2cc(Br)cc(Br)c2O)C1. The number of aromatic nitrogens is 1. The minimum absolute atomic E-state index is 0.110. The summed E-state index contributed by atoms with van der Waals surface area (Å²) in [6.07, 6.45) is 0.591. The monoisotopic (exact) mass is 539 g/mol. The number of nitrogens with zero attached hydrogens (tertiary/aromatic N) is 3. The third-order valence-electron chi connectivity index (χ3n) is 4.33. The molecule has 2 heterocycles. The van der Waals surface area contributed by atoms with Crippen LogP contribution in [-0.2, 0) is 4.79 Å². The molecule has 2 aromatic carbocycles. The fraction of sp³-hybridized carbons (Fsp3) is 0.211. The molecule has 28 heavy (non-hydrogen) atoms. The van der Waals surface area contributed by atoms with E-state index in [1.807, 2.05) is 37.3 Å². The van der Waals surface area contributed by atoms with E-state index in [4.69, 9.17) is 0 Å². The van der Waals surface area contributed by atoms with Crippen LogP contribution in [0.25, 0.3) is 10.2 Å². The Labute approximate surface area is 187 Å². The Balaban J connectivity index is 1.53. The lowest BCUT2D eigenvalue weighted by atomic mass is 10.0. The van der Waals surface area contributed by atoms with Crippen LogP contribution in [0.15, 0.2) is 54.8 Å². The zero-order valence-electron chi connectivity index (χ0n) is 14.7. The number of amides is 1. The van der Waals surface area contributed by atoms with Crippen molar-refractivity contribution in [1.82, 2.24) is 9.99 Å². The van der Waals surface area contributed by atoms with Crippen LogP contribution in [0.3, 0.4) is 0 Å². The average molecular weight is 541 g/mol. The Bertz CT molecular complexity index is 1070. The highest BCUT2D eigenvalue weighted by Crippen LogP contribution is 2.41. The van der Waals surface area contributed by atoms with Crippen molar-refractivity contribution >= 4 is 76.8 Å². The van der Waals surface area contributed by atoms with Gasteiger partial charge in [-0.15, -0.1) is 11.3 Å². The smallest absolute Gasteiger partial charge is 0.253 e. The Hall–Kier alpha value is -1.42. The molecule has 0 bridgehead atoms. The van der Waals surface area contributed by atoms with E-state index in [1.54, 1.807) is 17.4 Å². The van der Waals surface area contributed by atoms with Crippen molar-refractivity contribution in [1.29, 1.82) is 0 Å². The van der Waals surface area contributed by atoms with Crippen LogP contribution in [-0.4, -0.2) is 32.5 Å². The minimum atomic E-state index is -0.322. The number of fused-ring (bicyclic) bond motifs is 1. The van der Waals surface area contributed by atoms with Crippen LogP contribution in [0.5, 0.6) is 5.75 Å². The summed E-state index contributed by atoms with van der Waals surface area (Å²) in [5.41, 5.74) is 2.47. The van der Waals surface area contributed by atoms with E-state index in [1.165, 1.54) is 16.8 Å². The molecule has 0 aliphatic carbocycles. The highest BCUT2D eigenvalue weighted by molar-refractivity contribution is 9.11. The first-order valence-electron chi connectivity index (χ1n) is 8.45. The van der Waals surface area contributed by atoms with Gasteiger partial charge in [0.25, 0.3) is 5.91 Å². The van der Waals surface area contributed by atoms with Crippen molar-refractivity contribution in [2.24, 2.45) is 5.10 Å². The summed E-state index contributed by atoms with van der Waals surface area (Å²) >= 11 is 9.81. The lowest BCUT2D eigenvalue weighted by Crippen LogP contribution is -2.28. The quantitative estimate of drug-likeness (QED) is 0.414. The van der Waals surface area contributed by atoms with E-state index in [0.29, 0.717) is 16.5 Å². The maximum Gasteiger partial charge on any atom is 0.253 e. The van der Waals surface area contributed by atoms with Gasteiger partial charge in [0.1, 0.15) is 5.75 Å². The summed E-state index contributed by atoms with van der Waals surface area (Å²) in [5.74, 6) is 0.264. The second-order valence-corrected chi connectivity index (χ2v) is 10.4. The molecule has 1 aromatic heterocycles. The first kappa shape index (κ1) is 19.9. The van der Waals surface area contributed by atoms with Crippen LogP contribution >= 0.6 is 55.0 Å². The van der Waals surface area contributed by atoms with Gasteiger partial charge >= 0.3 is 0 Å². The number of thiazole rings is 1. The van der Waals surface area contributed by atoms with Crippen LogP contribution in [0, 0.1) is 0 Å². The second kappa shape index (κ2) is 8.14. The van der Waals surface area contributed by atoms with Crippen LogP contribution in [0.1, 0.15) is 24.9 Å². The van der Waals surface area contributed by atoms with Gasteiger partial charge in [-0.3, -0.25) is 4.79 Å². The van der Waals surface area contributed by atoms with Crippen molar-refractivity contribution in [2.75, 3.05) is 5.75 Å². The molecule has 5 nitrogen and oxygen atoms in total. The number of carbonyl (C=O) groups is 1. The fourth-order valence-electron chi connectivity index (χ4n) is 3.07. The first-order valence-corrected chi connectivity index (χ1v) is 11.8. The van der Waals surface area contributed by atoms with Gasteiger partial charge in [0.05, 0.1) is 26.5 Å². The van der Waals surface area contributed by atoms with Gasteiger partial charge in [-0.2, -0.15) is 5.10 Å². The molecule has 4 rings (SSSR count). The van der Waals surface area contributed by atoms with Gasteiger partial charge in [0.2, 0.25) is 0 Å². The molecular weight excluding hydrogens is 526 g/mol. The summed E-state index contributed by atoms with van der Waals surface area (Å²) in [4.78, 5) is 17.5. The molecule has 0 spiro atoms. The van der Waals surface area contributed by atoms with E-state index < -0.39 is 0 Å². The average Bonchev–Trinajstić information content (AvgIpc) is 3.25. The number of phenolic OH excluding ortho intramolecular Hbond substituents is 1. The molecule has 1 aliphatic heterocycles. The number of carbonyl (C=O) groups excluding carboxylic acids is 1. The molecule has 0 saturated heterocycles. The van der Waals surface area contributed by atoms with Crippen molar-refractivity contribution in [3.63, 3.8) is 0 Å². The molecule has 9 heteroatoms. The van der Waals surface area contributed by atoms with Gasteiger partial charge in [-0.1, -0.05) is 39.8 Å². The number of aromatic hydroxyl groups is 1. The van der Waals surface area contributed by atoms with Gasteiger partial charge in [-0.25, -0.2) is 9.99 Å². The molecule has 1 aliphatic rings. The minimum Gasteiger partial charge on any atom is -0.506 e. The summed E-state index contributed by atoms with van der Waals surface area (Å²) < 4.78 is 3.37. The molecule has 3 aromatic rings. The van der Waals surface area contributed by atoms with Crippen LogP contribution in [0.4, 0.5) is 0 Å². The van der Waals surface area contributed by atoms with Crippen molar-refractivity contribution in [3.05, 3.63) is 50.9 Å². The number of hydrogen-bond donors (Lipinski definition) is 1. The van der Waals surface area contributed by atoms with E-state index in [2.05, 4.69) is 41.9 Å². The maximum atomic E-state index is 12.9. The Morgan fingerprint density at radius 1 is 1.36 bits per heavy atom. The summed E-state index contributed by atoms with van der Waals surface area (Å²) in [6.45, 7) is 1.89. The van der Waals surface area contributed by atoms with E-state index >= 15 is 0 Å². The van der Waals surface area contributed by atoms with Crippen LogP contribution in [0.2, 0.25) is 0 Å². The van der Waals surface area contributed by atoms with E-state index in [9.17, 15) is 9.90 Å². The van der Waals surface area contributed by atoms with Gasteiger partial charge in [-0.05, 0) is 47.1 Å². The van der Waals surface area contributed by atoms with Crippen molar-refractivity contribution in [3.8, 4) is 5.75 Å². The number of phenols is 1. The second-order valence-electron chi connectivity index (χ2n) is 6.36. The van der Waals surface area contributed by atoms with Crippen molar-refractivity contribution < 1.29 is 9.90 Å². The molecule has 144 valence electrons. The molecule has 1 N–H and O–H groups in total. The lowest BCUT2D eigenvalue weighted by Gasteiger charge is -2.23. The molecule has 1 amide bonds. The summed E-state index contributed by atoms with van der Waals surface area (Å²) in [6, 6.07) is 11.2. The third-order valence-corrected chi connectivity index (χ3v) is 7.55. The predicted octanol–water partition coefficient (Wildman–Crippen LogP) is 5.97. The Morgan fingerprint density at radius 2 is 2.14 bits per heavy atom. The fourth-order valence-corrected chi connectivity index (χ4v) is 6.25. The number of hydrazone groups is 1. The molecule has 0 radical (unpaired) electrons. The number of benzene rings is 2. The summed E-state index contributed by atoms with van der Waals surface area (Å²) in [7, 11) is 0. The zero-order valence-corrected chi connectivity index (χ0v) is 19.5. The van der Waals surface area contributed by atoms with Crippen molar-refractivity contribution in [2.45, 2.75) is 23.7 Å². The topological polar surface area (TPSA) is 65.8 Å². The third kappa shape index (κ3) is 3.98. The molecule has 0 unspecified atom stereocenters. The van der Waals surface area contributed by atoms with Crippen LogP contribution < -0.4 is 0 Å². The van der Waals surface area contributed by atoms with E-state index in [-0.39, 0.29) is 23.5 Å². The van der Waals surface area contributed by atoms with Gasteiger partial charge < -0.3 is 5.11 Å². The number of rotatable bonds is 4. The molecule has 0 saturated carbocycles. The maximum absolute atomic E-state index is 12.9. The standard InChI is InChI=1S/C19H15Br2N3O2S2/c1-10-6-15(12-7-11(20)8-13(21)18(12)26)24(23-10)17(25)9-27-19-22-14-4-2-3-5-16(14)28-19/h2-5,7-8,15,26H,6,9H2,1H3/t15-/m1/s1. The number of para-hydroxylation sites is 1. The predicted molar refractivity (Wildman–Crippen MR) is 121 cm³/mol. The summed E-state index contributed by atoms with van der Waals surface area (Å²) in [5, 5.41) is 16.4. The van der Waals surface area contributed by atoms with E-state index in [0.717, 1.165) is 24.7 Å². The number of thioether (sulfide) groups is 1. The largest absolute Gasteiger partial charge is 0.506 e. The normalized spacial score (nSPS) is 16.6. The van der Waals surface area contributed by atoms with Gasteiger partial charge in [0, 0.05) is 22.2 Å². The Morgan fingerprint density at radius 3 is 2.93 bits per heavy atom. The number of halogens is 2. The Kier molecular flexibility index (Phi) is 5.78. The highest BCUT2D eigenvalue weighted by atomic mass is 79.9. The molecular formula is C19H15Br2N3O2S2. The molecule has 0 fully saturated rings. The highest BCUT2D eigenvalue weighted by Gasteiger charge is 2.33. The molecule has 1 atom stereocenters. The number of hydrogen-bond acceptors (Lipinski definition) is 6. The lowest BCUT2D eigenvalue weighted by molar-refractivity contribution is -0.130. The zero-order chi connectivity index (χ0) is 19.8.